The number of aromatic nitrogens is 1. The molecule has 0 aromatic carbocycles. The first-order chi connectivity index (χ1) is 8.30. The number of amides is 1. The van der Waals surface area contributed by atoms with E-state index in [1.807, 2.05) is 33.8 Å². The summed E-state index contributed by atoms with van der Waals surface area (Å²) >= 11 is 0. The molecule has 0 spiro atoms. The van der Waals surface area contributed by atoms with Crippen LogP contribution in [0.1, 0.15) is 32.2 Å². The summed E-state index contributed by atoms with van der Waals surface area (Å²) in [5.74, 6) is 0.694. The maximum absolute atomic E-state index is 11.6. The molecule has 1 heterocycles. The SMILES string of the molecule is Cc1cc(CC(CN)NC(=O)OC(C)(C)C)on1. The molecule has 0 bridgehead atoms. The first-order valence-electron chi connectivity index (χ1n) is 5.92. The van der Waals surface area contributed by atoms with E-state index in [1.54, 1.807) is 0 Å². The molecular formula is C12H21N3O3. The molecule has 3 N–H and O–H groups in total. The van der Waals surface area contributed by atoms with Gasteiger partial charge in [0.25, 0.3) is 0 Å². The molecule has 1 unspecified atom stereocenters. The van der Waals surface area contributed by atoms with Crippen LogP contribution in [0.25, 0.3) is 0 Å². The van der Waals surface area contributed by atoms with Crippen LogP contribution < -0.4 is 11.1 Å². The zero-order valence-electron chi connectivity index (χ0n) is 11.3. The Bertz CT molecular complexity index is 396. The number of aryl methyl sites for hydroxylation is 1. The number of nitrogens with one attached hydrogen (secondary N) is 1. The summed E-state index contributed by atoms with van der Waals surface area (Å²) in [7, 11) is 0. The van der Waals surface area contributed by atoms with E-state index in [0.29, 0.717) is 18.7 Å². The molecular weight excluding hydrogens is 234 g/mol. The van der Waals surface area contributed by atoms with Crippen LogP contribution in [0, 0.1) is 6.92 Å². The van der Waals surface area contributed by atoms with Crippen LogP contribution in [-0.2, 0) is 11.2 Å². The molecule has 0 aliphatic carbocycles. The molecule has 0 aliphatic rings. The summed E-state index contributed by atoms with van der Waals surface area (Å²) in [5.41, 5.74) is 5.89. The van der Waals surface area contributed by atoms with E-state index in [0.717, 1.165) is 5.69 Å². The van der Waals surface area contributed by atoms with Crippen molar-refractivity contribution in [3.05, 3.63) is 17.5 Å². The van der Waals surface area contributed by atoms with E-state index in [-0.39, 0.29) is 6.04 Å². The minimum Gasteiger partial charge on any atom is -0.444 e. The van der Waals surface area contributed by atoms with Crippen LogP contribution >= 0.6 is 0 Å². The predicted molar refractivity (Wildman–Crippen MR) is 67.2 cm³/mol. The van der Waals surface area contributed by atoms with Gasteiger partial charge in [0.05, 0.1) is 11.7 Å². The average Bonchev–Trinajstić information content (AvgIpc) is 2.60. The van der Waals surface area contributed by atoms with Gasteiger partial charge in [-0.3, -0.25) is 0 Å². The van der Waals surface area contributed by atoms with Crippen LogP contribution in [0.2, 0.25) is 0 Å². The van der Waals surface area contributed by atoms with Gasteiger partial charge in [-0.05, 0) is 27.7 Å². The summed E-state index contributed by atoms with van der Waals surface area (Å²) in [5, 5.41) is 6.49. The second-order valence-electron chi connectivity index (χ2n) is 5.22. The van der Waals surface area contributed by atoms with Crippen molar-refractivity contribution in [1.29, 1.82) is 0 Å². The van der Waals surface area contributed by atoms with Gasteiger partial charge in [0, 0.05) is 19.0 Å². The average molecular weight is 255 g/mol. The second kappa shape index (κ2) is 5.86. The second-order valence-corrected chi connectivity index (χ2v) is 5.22. The van der Waals surface area contributed by atoms with Crippen molar-refractivity contribution in [2.24, 2.45) is 5.73 Å². The number of hydrogen-bond donors (Lipinski definition) is 2. The number of hydrogen-bond acceptors (Lipinski definition) is 5. The van der Waals surface area contributed by atoms with E-state index in [2.05, 4.69) is 10.5 Å². The highest BCUT2D eigenvalue weighted by Gasteiger charge is 2.19. The zero-order valence-corrected chi connectivity index (χ0v) is 11.3. The maximum atomic E-state index is 11.6. The van der Waals surface area contributed by atoms with Crippen molar-refractivity contribution in [2.75, 3.05) is 6.54 Å². The fraction of sp³-hybridized carbons (Fsp3) is 0.667. The summed E-state index contributed by atoms with van der Waals surface area (Å²) < 4.78 is 10.2. The number of carbonyl (C=O) groups is 1. The number of alkyl carbamates (subject to hydrolysis) is 1. The fourth-order valence-electron chi connectivity index (χ4n) is 1.42. The third-order valence-electron chi connectivity index (χ3n) is 2.13. The molecule has 1 amide bonds. The van der Waals surface area contributed by atoms with Crippen LogP contribution in [0.3, 0.4) is 0 Å². The zero-order chi connectivity index (χ0) is 13.8. The summed E-state index contributed by atoms with van der Waals surface area (Å²) in [6, 6.07) is 1.59. The Hall–Kier alpha value is -1.56. The molecule has 6 nitrogen and oxygen atoms in total. The lowest BCUT2D eigenvalue weighted by Crippen LogP contribution is -2.44. The molecule has 1 aromatic heterocycles. The molecule has 1 aromatic rings. The molecule has 102 valence electrons. The Balaban J connectivity index is 2.49. The molecule has 18 heavy (non-hydrogen) atoms. The van der Waals surface area contributed by atoms with Crippen molar-refractivity contribution < 1.29 is 14.1 Å². The minimum atomic E-state index is -0.522. The Morgan fingerprint density at radius 3 is 2.72 bits per heavy atom. The number of rotatable bonds is 4. The molecule has 0 radical (unpaired) electrons. The quantitative estimate of drug-likeness (QED) is 0.848. The lowest BCUT2D eigenvalue weighted by atomic mass is 10.1. The third kappa shape index (κ3) is 5.18. The lowest BCUT2D eigenvalue weighted by Gasteiger charge is -2.22. The van der Waals surface area contributed by atoms with Crippen molar-refractivity contribution in [1.82, 2.24) is 10.5 Å². The van der Waals surface area contributed by atoms with Gasteiger partial charge in [0.15, 0.2) is 0 Å². The van der Waals surface area contributed by atoms with Crippen LogP contribution in [0.5, 0.6) is 0 Å². The van der Waals surface area contributed by atoms with Crippen molar-refractivity contribution in [2.45, 2.75) is 45.8 Å². The Kier molecular flexibility index (Phi) is 4.72. The van der Waals surface area contributed by atoms with E-state index in [9.17, 15) is 4.79 Å². The van der Waals surface area contributed by atoms with E-state index >= 15 is 0 Å². The Morgan fingerprint density at radius 1 is 1.61 bits per heavy atom. The summed E-state index contributed by atoms with van der Waals surface area (Å²) in [6.07, 6.45) is 0.0190. The normalized spacial score (nSPS) is 13.2. The smallest absolute Gasteiger partial charge is 0.407 e. The highest BCUT2D eigenvalue weighted by molar-refractivity contribution is 5.68. The third-order valence-corrected chi connectivity index (χ3v) is 2.13. The molecule has 0 saturated heterocycles. The summed E-state index contributed by atoms with van der Waals surface area (Å²) in [4.78, 5) is 11.6. The molecule has 0 saturated carbocycles. The van der Waals surface area contributed by atoms with Gasteiger partial charge in [0.2, 0.25) is 0 Å². The van der Waals surface area contributed by atoms with Gasteiger partial charge in [0.1, 0.15) is 11.4 Å². The predicted octanol–water partition coefficient (Wildman–Crippen LogP) is 1.38. The number of nitrogens with two attached hydrogens (primary N) is 1. The monoisotopic (exact) mass is 255 g/mol. The molecule has 1 atom stereocenters. The number of ether oxygens (including phenoxy) is 1. The topological polar surface area (TPSA) is 90.4 Å². The van der Waals surface area contributed by atoms with E-state index in [4.69, 9.17) is 15.0 Å². The molecule has 1 rings (SSSR count). The summed E-state index contributed by atoms with van der Waals surface area (Å²) in [6.45, 7) is 7.57. The van der Waals surface area contributed by atoms with E-state index in [1.165, 1.54) is 0 Å². The lowest BCUT2D eigenvalue weighted by molar-refractivity contribution is 0.0504. The van der Waals surface area contributed by atoms with Crippen LogP contribution in [0.15, 0.2) is 10.6 Å². The largest absolute Gasteiger partial charge is 0.444 e. The molecule has 6 heteroatoms. The Morgan fingerprint density at radius 2 is 2.28 bits per heavy atom. The highest BCUT2D eigenvalue weighted by Crippen LogP contribution is 2.08. The van der Waals surface area contributed by atoms with Gasteiger partial charge in [-0.15, -0.1) is 0 Å². The standard InChI is InChI=1S/C12H21N3O3/c1-8-5-10(18-15-8)6-9(7-13)14-11(16)17-12(2,3)4/h5,9H,6-7,13H2,1-4H3,(H,14,16). The van der Waals surface area contributed by atoms with Gasteiger partial charge in [-0.25, -0.2) is 4.79 Å². The first kappa shape index (κ1) is 14.5. The molecule has 0 aliphatic heterocycles. The van der Waals surface area contributed by atoms with Crippen LogP contribution in [-0.4, -0.2) is 29.4 Å². The number of carbonyl (C=O) groups excluding carboxylic acids is 1. The van der Waals surface area contributed by atoms with Gasteiger partial charge in [-0.2, -0.15) is 0 Å². The minimum absolute atomic E-state index is 0.229. The van der Waals surface area contributed by atoms with Gasteiger partial charge in [-0.1, -0.05) is 5.16 Å². The fourth-order valence-corrected chi connectivity index (χ4v) is 1.42. The van der Waals surface area contributed by atoms with Crippen molar-refractivity contribution >= 4 is 6.09 Å². The van der Waals surface area contributed by atoms with E-state index < -0.39 is 11.7 Å². The van der Waals surface area contributed by atoms with Crippen molar-refractivity contribution in [3.63, 3.8) is 0 Å². The van der Waals surface area contributed by atoms with Gasteiger partial charge < -0.3 is 20.3 Å². The maximum Gasteiger partial charge on any atom is 0.407 e. The van der Waals surface area contributed by atoms with Crippen LogP contribution in [0.4, 0.5) is 4.79 Å². The highest BCUT2D eigenvalue weighted by atomic mass is 16.6. The number of nitrogens with zero attached hydrogens (tertiary/aromatic N) is 1. The molecule has 0 fully saturated rings. The van der Waals surface area contributed by atoms with Crippen molar-refractivity contribution in [3.8, 4) is 0 Å². The Labute approximate surface area is 107 Å². The first-order valence-corrected chi connectivity index (χ1v) is 5.92. The van der Waals surface area contributed by atoms with Gasteiger partial charge >= 0.3 is 6.09 Å².